The Labute approximate surface area is 105 Å². The Kier molecular flexibility index (Phi) is 3.02. The highest BCUT2D eigenvalue weighted by molar-refractivity contribution is 6.07. The topological polar surface area (TPSA) is 105 Å². The van der Waals surface area contributed by atoms with Gasteiger partial charge in [0.15, 0.2) is 0 Å². The highest BCUT2D eigenvalue weighted by Gasteiger charge is 2.52. The molecule has 0 radical (unpaired) electrons. The first kappa shape index (κ1) is 12.8. The average molecular weight is 254 g/mol. The molecule has 2 fully saturated rings. The second kappa shape index (κ2) is 4.24. The third kappa shape index (κ3) is 1.94. The van der Waals surface area contributed by atoms with Gasteiger partial charge in [0.2, 0.25) is 5.91 Å². The van der Waals surface area contributed by atoms with Crippen LogP contribution in [-0.2, 0) is 9.59 Å². The van der Waals surface area contributed by atoms with Crippen molar-refractivity contribution in [1.29, 1.82) is 0 Å². The summed E-state index contributed by atoms with van der Waals surface area (Å²) >= 11 is 0. The van der Waals surface area contributed by atoms with Crippen LogP contribution in [-0.4, -0.2) is 47.4 Å². The van der Waals surface area contributed by atoms with Crippen LogP contribution >= 0.6 is 0 Å². The van der Waals surface area contributed by atoms with E-state index < -0.39 is 17.6 Å². The van der Waals surface area contributed by atoms with E-state index in [0.717, 1.165) is 0 Å². The monoisotopic (exact) mass is 254 g/mol. The van der Waals surface area contributed by atoms with Gasteiger partial charge in [0, 0.05) is 6.54 Å². The van der Waals surface area contributed by atoms with E-state index in [1.807, 2.05) is 13.8 Å². The van der Waals surface area contributed by atoms with Gasteiger partial charge in [0.25, 0.3) is 5.91 Å². The van der Waals surface area contributed by atoms with E-state index in [4.69, 9.17) is 5.73 Å². The molecule has 18 heavy (non-hydrogen) atoms. The minimum Gasteiger partial charge on any atom is -0.338 e. The summed E-state index contributed by atoms with van der Waals surface area (Å²) < 4.78 is 0. The molecule has 0 bridgehead atoms. The fraction of sp³-hybridized carbons (Fsp3) is 0.727. The van der Waals surface area contributed by atoms with Gasteiger partial charge >= 0.3 is 6.03 Å². The van der Waals surface area contributed by atoms with Crippen LogP contribution < -0.4 is 16.4 Å². The molecule has 0 aliphatic carbocycles. The fourth-order valence-electron chi connectivity index (χ4n) is 2.31. The molecule has 2 saturated heterocycles. The van der Waals surface area contributed by atoms with Crippen LogP contribution in [0, 0.1) is 5.92 Å². The van der Waals surface area contributed by atoms with Crippen LogP contribution in [0.5, 0.6) is 0 Å². The Morgan fingerprint density at radius 1 is 1.44 bits per heavy atom. The standard InChI is InChI=1S/C11H18N4O3/c1-6(2)7(12)8(16)15-4-3-11(5-15)9(17)13-10(18)14-11/h6-7H,3-5,12H2,1-2H3,(H2,13,14,17,18). The number of imide groups is 1. The van der Waals surface area contributed by atoms with Gasteiger partial charge < -0.3 is 16.0 Å². The molecular weight excluding hydrogens is 236 g/mol. The Morgan fingerprint density at radius 2 is 2.11 bits per heavy atom. The number of amides is 4. The molecule has 0 aromatic heterocycles. The maximum Gasteiger partial charge on any atom is 0.322 e. The van der Waals surface area contributed by atoms with E-state index >= 15 is 0 Å². The molecule has 4 amide bonds. The second-order valence-corrected chi connectivity index (χ2v) is 5.27. The van der Waals surface area contributed by atoms with E-state index in [0.29, 0.717) is 13.0 Å². The van der Waals surface area contributed by atoms with Gasteiger partial charge in [0.1, 0.15) is 5.54 Å². The number of carbonyl (C=O) groups excluding carboxylic acids is 3. The number of likely N-dealkylation sites (tertiary alicyclic amines) is 1. The second-order valence-electron chi connectivity index (χ2n) is 5.27. The Balaban J connectivity index is 2.07. The SMILES string of the molecule is CC(C)C(N)C(=O)N1CCC2(C1)NC(=O)NC2=O. The number of nitrogens with one attached hydrogen (secondary N) is 2. The molecule has 2 aliphatic rings. The van der Waals surface area contributed by atoms with Gasteiger partial charge in [-0.15, -0.1) is 0 Å². The van der Waals surface area contributed by atoms with Gasteiger partial charge in [-0.3, -0.25) is 14.9 Å². The number of nitrogens with zero attached hydrogens (tertiary/aromatic N) is 1. The van der Waals surface area contributed by atoms with Crippen LogP contribution in [0.2, 0.25) is 0 Å². The normalized spacial score (nSPS) is 28.8. The van der Waals surface area contributed by atoms with E-state index in [-0.39, 0.29) is 24.3 Å². The predicted octanol–water partition coefficient (Wildman–Crippen LogP) is -1.22. The van der Waals surface area contributed by atoms with E-state index in [1.165, 1.54) is 0 Å². The van der Waals surface area contributed by atoms with Crippen molar-refractivity contribution in [3.63, 3.8) is 0 Å². The molecule has 100 valence electrons. The zero-order valence-corrected chi connectivity index (χ0v) is 10.5. The molecule has 7 nitrogen and oxygen atoms in total. The van der Waals surface area contributed by atoms with Gasteiger partial charge in [-0.1, -0.05) is 13.8 Å². The van der Waals surface area contributed by atoms with Crippen LogP contribution in [0.1, 0.15) is 20.3 Å². The highest BCUT2D eigenvalue weighted by atomic mass is 16.2. The molecule has 4 N–H and O–H groups in total. The van der Waals surface area contributed by atoms with Crippen LogP contribution in [0.25, 0.3) is 0 Å². The summed E-state index contributed by atoms with van der Waals surface area (Å²) in [6.45, 7) is 4.38. The molecule has 0 saturated carbocycles. The molecule has 2 rings (SSSR count). The maximum atomic E-state index is 12.1. The largest absolute Gasteiger partial charge is 0.338 e. The molecule has 0 aromatic carbocycles. The first-order chi connectivity index (χ1) is 8.35. The van der Waals surface area contributed by atoms with E-state index in [1.54, 1.807) is 4.90 Å². The number of rotatable bonds is 2. The summed E-state index contributed by atoms with van der Waals surface area (Å²) in [5.41, 5.74) is 4.85. The average Bonchev–Trinajstić information content (AvgIpc) is 2.82. The van der Waals surface area contributed by atoms with Gasteiger partial charge in [-0.05, 0) is 12.3 Å². The minimum atomic E-state index is -0.955. The molecule has 2 unspecified atom stereocenters. The molecule has 1 spiro atoms. The summed E-state index contributed by atoms with van der Waals surface area (Å²) in [6, 6.07) is -1.07. The first-order valence-electron chi connectivity index (χ1n) is 6.04. The molecule has 7 heteroatoms. The Hall–Kier alpha value is -1.63. The molecule has 2 heterocycles. The lowest BCUT2D eigenvalue weighted by atomic mass is 9.99. The zero-order valence-electron chi connectivity index (χ0n) is 10.5. The lowest BCUT2D eigenvalue weighted by Crippen LogP contribution is -2.52. The molecular formula is C11H18N4O3. The van der Waals surface area contributed by atoms with Crippen molar-refractivity contribution in [2.24, 2.45) is 11.7 Å². The first-order valence-corrected chi connectivity index (χ1v) is 6.04. The molecule has 0 aromatic rings. The number of nitrogens with two attached hydrogens (primary N) is 1. The van der Waals surface area contributed by atoms with Crippen LogP contribution in [0.4, 0.5) is 4.79 Å². The number of hydrogen-bond acceptors (Lipinski definition) is 4. The van der Waals surface area contributed by atoms with Crippen molar-refractivity contribution in [2.75, 3.05) is 13.1 Å². The van der Waals surface area contributed by atoms with Crippen molar-refractivity contribution in [3.8, 4) is 0 Å². The van der Waals surface area contributed by atoms with Gasteiger partial charge in [-0.2, -0.15) is 0 Å². The Morgan fingerprint density at radius 3 is 2.61 bits per heavy atom. The summed E-state index contributed by atoms with van der Waals surface area (Å²) in [6.07, 6.45) is 0.432. The van der Waals surface area contributed by atoms with Gasteiger partial charge in [-0.25, -0.2) is 4.79 Å². The van der Waals surface area contributed by atoms with E-state index in [9.17, 15) is 14.4 Å². The quantitative estimate of drug-likeness (QED) is 0.537. The summed E-state index contributed by atoms with van der Waals surface area (Å²) in [7, 11) is 0. The number of hydrogen-bond donors (Lipinski definition) is 3. The van der Waals surface area contributed by atoms with Crippen molar-refractivity contribution in [2.45, 2.75) is 31.8 Å². The fourth-order valence-corrected chi connectivity index (χ4v) is 2.31. The lowest BCUT2D eigenvalue weighted by Gasteiger charge is -2.24. The third-order valence-corrected chi connectivity index (χ3v) is 3.60. The van der Waals surface area contributed by atoms with Gasteiger partial charge in [0.05, 0.1) is 12.6 Å². The van der Waals surface area contributed by atoms with E-state index in [2.05, 4.69) is 10.6 Å². The van der Waals surface area contributed by atoms with Crippen LogP contribution in [0.3, 0.4) is 0 Å². The summed E-state index contributed by atoms with van der Waals surface area (Å²) in [4.78, 5) is 36.5. The molecule has 2 aliphatic heterocycles. The smallest absolute Gasteiger partial charge is 0.322 e. The van der Waals surface area contributed by atoms with Crippen molar-refractivity contribution in [1.82, 2.24) is 15.5 Å². The zero-order chi connectivity index (χ0) is 13.5. The minimum absolute atomic E-state index is 0.0426. The highest BCUT2D eigenvalue weighted by Crippen LogP contribution is 2.25. The van der Waals surface area contributed by atoms with Crippen molar-refractivity contribution < 1.29 is 14.4 Å². The third-order valence-electron chi connectivity index (χ3n) is 3.60. The molecule has 2 atom stereocenters. The van der Waals surface area contributed by atoms with Crippen molar-refractivity contribution in [3.05, 3.63) is 0 Å². The summed E-state index contributed by atoms with van der Waals surface area (Å²) in [5.74, 6) is -0.488. The maximum absolute atomic E-state index is 12.1. The summed E-state index contributed by atoms with van der Waals surface area (Å²) in [5, 5.41) is 4.80. The van der Waals surface area contributed by atoms with Crippen LogP contribution in [0.15, 0.2) is 0 Å². The Bertz CT molecular complexity index is 409. The predicted molar refractivity (Wildman–Crippen MR) is 63.4 cm³/mol. The van der Waals surface area contributed by atoms with Crippen molar-refractivity contribution >= 4 is 17.8 Å². The number of urea groups is 1. The number of carbonyl (C=O) groups is 3. The lowest BCUT2D eigenvalue weighted by molar-refractivity contribution is -0.133.